The van der Waals surface area contributed by atoms with Gasteiger partial charge in [0.1, 0.15) is 11.8 Å². The van der Waals surface area contributed by atoms with Gasteiger partial charge >= 0.3 is 0 Å². The summed E-state index contributed by atoms with van der Waals surface area (Å²) in [5.41, 5.74) is 3.74. The van der Waals surface area contributed by atoms with Crippen LogP contribution < -0.4 is 4.74 Å². The number of aryl methyl sites for hydroxylation is 1. The summed E-state index contributed by atoms with van der Waals surface area (Å²) in [4.78, 5) is 4.11. The molecule has 0 spiro atoms. The van der Waals surface area contributed by atoms with Gasteiger partial charge in [-0.05, 0) is 36.2 Å². The Balaban J connectivity index is 2.55. The van der Waals surface area contributed by atoms with Gasteiger partial charge in [-0.3, -0.25) is 4.98 Å². The van der Waals surface area contributed by atoms with E-state index < -0.39 is 0 Å². The molecular formula is C14H12N2O. The highest BCUT2D eigenvalue weighted by Crippen LogP contribution is 2.28. The lowest BCUT2D eigenvalue weighted by molar-refractivity contribution is 0.413. The van der Waals surface area contributed by atoms with Gasteiger partial charge in [-0.1, -0.05) is 6.07 Å². The largest absolute Gasteiger partial charge is 0.495 e. The lowest BCUT2D eigenvalue weighted by Gasteiger charge is -2.08. The SMILES string of the molecule is COc1cc(-c2cnccc2C)ccc1C#N. The van der Waals surface area contributed by atoms with Crippen LogP contribution in [0.4, 0.5) is 0 Å². The Morgan fingerprint density at radius 2 is 2.12 bits per heavy atom. The van der Waals surface area contributed by atoms with E-state index in [2.05, 4.69) is 11.1 Å². The van der Waals surface area contributed by atoms with Crippen molar-refractivity contribution in [2.45, 2.75) is 6.92 Å². The lowest BCUT2D eigenvalue weighted by atomic mass is 10.0. The Bertz CT molecular complexity index is 585. The molecule has 0 fully saturated rings. The average Bonchev–Trinajstić information content (AvgIpc) is 2.38. The van der Waals surface area contributed by atoms with Crippen LogP contribution in [0.3, 0.4) is 0 Å². The van der Waals surface area contributed by atoms with Crippen LogP contribution in [0, 0.1) is 18.3 Å². The normalized spacial score (nSPS) is 9.71. The van der Waals surface area contributed by atoms with E-state index >= 15 is 0 Å². The van der Waals surface area contributed by atoms with Crippen LogP contribution in [0.2, 0.25) is 0 Å². The van der Waals surface area contributed by atoms with Crippen molar-refractivity contribution in [1.29, 1.82) is 5.26 Å². The van der Waals surface area contributed by atoms with Gasteiger partial charge in [0.2, 0.25) is 0 Å². The molecular weight excluding hydrogens is 212 g/mol. The molecule has 0 radical (unpaired) electrons. The Labute approximate surface area is 100 Å². The first kappa shape index (κ1) is 11.2. The van der Waals surface area contributed by atoms with Crippen LogP contribution in [0.25, 0.3) is 11.1 Å². The monoisotopic (exact) mass is 224 g/mol. The van der Waals surface area contributed by atoms with Crippen molar-refractivity contribution in [2.75, 3.05) is 7.11 Å². The molecule has 0 bridgehead atoms. The summed E-state index contributed by atoms with van der Waals surface area (Å²) >= 11 is 0. The molecule has 17 heavy (non-hydrogen) atoms. The van der Waals surface area contributed by atoms with Crippen molar-refractivity contribution >= 4 is 0 Å². The maximum atomic E-state index is 8.92. The fourth-order valence-electron chi connectivity index (χ4n) is 1.72. The van der Waals surface area contributed by atoms with Crippen LogP contribution in [0.5, 0.6) is 5.75 Å². The van der Waals surface area contributed by atoms with E-state index in [1.54, 1.807) is 19.4 Å². The van der Waals surface area contributed by atoms with Crippen molar-refractivity contribution in [1.82, 2.24) is 4.98 Å². The molecule has 2 rings (SSSR count). The Morgan fingerprint density at radius 1 is 1.29 bits per heavy atom. The maximum Gasteiger partial charge on any atom is 0.137 e. The minimum atomic E-state index is 0.540. The third-order valence-corrected chi connectivity index (χ3v) is 2.67. The fourth-order valence-corrected chi connectivity index (χ4v) is 1.72. The number of aromatic nitrogens is 1. The molecule has 84 valence electrons. The quantitative estimate of drug-likeness (QED) is 0.787. The second-order valence-corrected chi connectivity index (χ2v) is 3.72. The van der Waals surface area contributed by atoms with Crippen molar-refractivity contribution < 1.29 is 4.74 Å². The summed E-state index contributed by atoms with van der Waals surface area (Å²) in [5, 5.41) is 8.92. The van der Waals surface area contributed by atoms with E-state index in [0.717, 1.165) is 16.7 Å². The van der Waals surface area contributed by atoms with Crippen LogP contribution in [-0.2, 0) is 0 Å². The molecule has 0 N–H and O–H groups in total. The summed E-state index contributed by atoms with van der Waals surface area (Å²) < 4.78 is 5.20. The number of pyridine rings is 1. The summed E-state index contributed by atoms with van der Waals surface area (Å²) in [6.45, 7) is 2.03. The molecule has 3 nitrogen and oxygen atoms in total. The third-order valence-electron chi connectivity index (χ3n) is 2.67. The van der Waals surface area contributed by atoms with E-state index in [1.165, 1.54) is 0 Å². The van der Waals surface area contributed by atoms with E-state index in [-0.39, 0.29) is 0 Å². The zero-order valence-corrected chi connectivity index (χ0v) is 9.77. The van der Waals surface area contributed by atoms with Crippen molar-refractivity contribution in [3.05, 3.63) is 47.8 Å². The molecule has 1 aromatic carbocycles. The Kier molecular flexibility index (Phi) is 3.06. The maximum absolute atomic E-state index is 8.92. The highest BCUT2D eigenvalue weighted by molar-refractivity contribution is 5.69. The number of hydrogen-bond donors (Lipinski definition) is 0. The van der Waals surface area contributed by atoms with Crippen LogP contribution in [-0.4, -0.2) is 12.1 Å². The van der Waals surface area contributed by atoms with Gasteiger partial charge in [0.05, 0.1) is 12.7 Å². The summed E-state index contributed by atoms with van der Waals surface area (Å²) in [7, 11) is 1.57. The third kappa shape index (κ3) is 2.11. The van der Waals surface area contributed by atoms with Crippen LogP contribution >= 0.6 is 0 Å². The predicted molar refractivity (Wildman–Crippen MR) is 65.7 cm³/mol. The predicted octanol–water partition coefficient (Wildman–Crippen LogP) is 2.94. The number of rotatable bonds is 2. The highest BCUT2D eigenvalue weighted by atomic mass is 16.5. The number of nitrogens with zero attached hydrogens (tertiary/aromatic N) is 2. The average molecular weight is 224 g/mol. The van der Waals surface area contributed by atoms with E-state index in [1.807, 2.05) is 31.3 Å². The number of hydrogen-bond acceptors (Lipinski definition) is 3. The summed E-state index contributed by atoms with van der Waals surface area (Å²) in [6, 6.07) is 9.59. The molecule has 0 saturated carbocycles. The van der Waals surface area contributed by atoms with E-state index in [4.69, 9.17) is 10.00 Å². The number of ether oxygens (including phenoxy) is 1. The van der Waals surface area contributed by atoms with Crippen LogP contribution in [0.15, 0.2) is 36.7 Å². The molecule has 0 aliphatic carbocycles. The summed E-state index contributed by atoms with van der Waals surface area (Å²) in [6.07, 6.45) is 3.58. The van der Waals surface area contributed by atoms with Crippen molar-refractivity contribution in [2.24, 2.45) is 0 Å². The Hall–Kier alpha value is -2.34. The van der Waals surface area contributed by atoms with E-state index in [9.17, 15) is 0 Å². The molecule has 3 heteroatoms. The molecule has 2 aromatic rings. The smallest absolute Gasteiger partial charge is 0.137 e. The van der Waals surface area contributed by atoms with Crippen molar-refractivity contribution in [3.63, 3.8) is 0 Å². The summed E-state index contributed by atoms with van der Waals surface area (Å²) in [5.74, 6) is 0.591. The van der Waals surface area contributed by atoms with Gasteiger partial charge in [0.25, 0.3) is 0 Å². The molecule has 0 aliphatic rings. The first-order chi connectivity index (χ1) is 8.26. The first-order valence-electron chi connectivity index (χ1n) is 5.25. The van der Waals surface area contributed by atoms with Gasteiger partial charge < -0.3 is 4.74 Å². The number of nitriles is 1. The van der Waals surface area contributed by atoms with Crippen LogP contribution in [0.1, 0.15) is 11.1 Å². The van der Waals surface area contributed by atoms with Gasteiger partial charge in [0, 0.05) is 18.0 Å². The topological polar surface area (TPSA) is 45.9 Å². The second-order valence-electron chi connectivity index (χ2n) is 3.72. The second kappa shape index (κ2) is 4.67. The molecule has 0 saturated heterocycles. The van der Waals surface area contributed by atoms with Gasteiger partial charge in [-0.15, -0.1) is 0 Å². The minimum absolute atomic E-state index is 0.540. The zero-order chi connectivity index (χ0) is 12.3. The molecule has 0 atom stereocenters. The highest BCUT2D eigenvalue weighted by Gasteiger charge is 2.07. The molecule has 1 heterocycles. The minimum Gasteiger partial charge on any atom is -0.495 e. The number of methoxy groups -OCH3 is 1. The molecule has 0 unspecified atom stereocenters. The zero-order valence-electron chi connectivity index (χ0n) is 9.77. The molecule has 1 aromatic heterocycles. The Morgan fingerprint density at radius 3 is 2.76 bits per heavy atom. The van der Waals surface area contributed by atoms with Gasteiger partial charge in [-0.25, -0.2) is 0 Å². The van der Waals surface area contributed by atoms with E-state index in [0.29, 0.717) is 11.3 Å². The lowest BCUT2D eigenvalue weighted by Crippen LogP contribution is -1.90. The van der Waals surface area contributed by atoms with Gasteiger partial charge in [-0.2, -0.15) is 5.26 Å². The molecule has 0 amide bonds. The fraction of sp³-hybridized carbons (Fsp3) is 0.143. The first-order valence-corrected chi connectivity index (χ1v) is 5.25. The van der Waals surface area contributed by atoms with Crippen molar-refractivity contribution in [3.8, 4) is 22.9 Å². The number of benzene rings is 1. The van der Waals surface area contributed by atoms with Gasteiger partial charge in [0.15, 0.2) is 0 Å². The standard InChI is InChI=1S/C14H12N2O/c1-10-5-6-16-9-13(10)11-3-4-12(8-15)14(7-11)17-2/h3-7,9H,1-2H3. The molecule has 0 aliphatic heterocycles.